The van der Waals surface area contributed by atoms with Crippen molar-refractivity contribution in [2.45, 2.75) is 33.1 Å². The molecule has 0 amide bonds. The van der Waals surface area contributed by atoms with Crippen molar-refractivity contribution in [2.24, 2.45) is 0 Å². The van der Waals surface area contributed by atoms with Crippen LogP contribution in [-0.2, 0) is 64.2 Å². The number of halogens is 4. The number of methoxy groups -OCH3 is 1. The van der Waals surface area contributed by atoms with Crippen LogP contribution in [0.15, 0.2) is 355 Å². The SMILES string of the molecule is COc1cc(-c2ccc3ncc4ccc(=O)n(-c5ccc([S+](C)(=O)[O-])cc5)c4c3c2)ccc1Cl.C[S+](=O)([O-])c1ccc(-n2c(=O)ccc3cnc4ccc(-c5ccc(Cl)c(C#N)c5)cc4c32)cc1.C[S+](=O)([O-])c1ccc(-n2c(=O)ccc3cnc4ccc(-c5ccc(Cl)cc5)cc4c32)cc1CN1CCNCC1.Cc1cc([S+](C)(=O)[O-])ccc1-n1c(=O)ccc2cnc3ccc(-c4ccc(Cl)cc4)cc3c21. The summed E-state index contributed by atoms with van der Waals surface area (Å²) in [6.45, 7) is 5.65. The average molecular weight is 2010 g/mol. The first-order chi connectivity index (χ1) is 67.0. The molecule has 0 radical (unpaired) electrons. The van der Waals surface area contributed by atoms with E-state index in [1.54, 1.807) is 148 Å². The molecule has 21 rings (SSSR count). The molecule has 4 atom stereocenters. The summed E-state index contributed by atoms with van der Waals surface area (Å²) in [4.78, 5) is 74.0. The van der Waals surface area contributed by atoms with Gasteiger partial charge in [-0.2, -0.15) is 5.26 Å². The van der Waals surface area contributed by atoms with E-state index in [0.29, 0.717) is 88.4 Å². The van der Waals surface area contributed by atoms with Gasteiger partial charge in [-0.15, -0.1) is 16.8 Å². The van der Waals surface area contributed by atoms with Crippen molar-refractivity contribution in [3.8, 4) is 79.1 Å². The fraction of sp³-hybridized carbons (Fsp3) is 0.102. The van der Waals surface area contributed by atoms with E-state index < -0.39 is 40.9 Å². The maximum Gasteiger partial charge on any atom is 0.255 e. The third kappa shape index (κ3) is 20.0. The lowest BCUT2D eigenvalue weighted by Gasteiger charge is -2.28. The lowest BCUT2D eigenvalue weighted by molar-refractivity contribution is 0.231. The van der Waals surface area contributed by atoms with E-state index >= 15 is 0 Å². The highest BCUT2D eigenvalue weighted by atomic mass is 35.5. The van der Waals surface area contributed by atoms with E-state index in [0.717, 1.165) is 154 Å². The average Bonchev–Trinajstić information content (AvgIpc) is 0.752. The Morgan fingerprint density at radius 2 is 0.714 bits per heavy atom. The van der Waals surface area contributed by atoms with Crippen LogP contribution in [0.4, 0.5) is 0 Å². The zero-order chi connectivity index (χ0) is 98.5. The molecule has 140 heavy (non-hydrogen) atoms. The van der Waals surface area contributed by atoms with Crippen molar-refractivity contribution in [2.75, 3.05) is 58.3 Å². The fourth-order valence-electron chi connectivity index (χ4n) is 17.4. The van der Waals surface area contributed by atoms with Gasteiger partial charge < -0.3 is 28.3 Å². The second kappa shape index (κ2) is 39.3. The van der Waals surface area contributed by atoms with Gasteiger partial charge in [0.05, 0.1) is 113 Å². The minimum Gasteiger partial charge on any atom is -0.610 e. The number of aromatic nitrogens is 8. The Morgan fingerprint density at radius 1 is 0.371 bits per heavy atom. The van der Waals surface area contributed by atoms with Gasteiger partial charge in [0.15, 0.2) is 19.6 Å². The predicted octanol–water partition coefficient (Wildman–Crippen LogP) is 21.5. The second-order valence-electron chi connectivity index (χ2n) is 33.7. The molecule has 24 nitrogen and oxygen atoms in total. The van der Waals surface area contributed by atoms with Crippen LogP contribution >= 0.6 is 46.4 Å². The standard InChI is InChI=1S/C30H27ClN4O3S.C26H16ClN3O3S.C26H19ClN2O4S.C26H19ClN2O3S/c1-39(37,38)28-10-8-25(16-23(28)19-34-14-12-32-13-15-34)35-29(36)11-5-22-18-33-27-9-4-21(17-26(27)30(22)35)20-2-6-24(31)7-3-20;1-34(32,33)21-7-5-20(6-8-21)30-25(31)11-4-18-15-29-24-10-3-17(13-22(24)26(18)30)16-2-9-23(27)19(12-16)14-28;1-33-24-14-17(3-10-22(24)27)16-4-11-23-21(13-16)26-18(15-28-23)5-12-25(30)29(26)19-6-8-20(9-7-19)34(2,31)32;1-16-13-21(33(2,31)32)9-11-24(16)29-25(30)12-6-19-15-28-23-10-5-18(14-22(23)26(19)29)17-3-7-20(27)8-4-17/h2-11,16-18,32H,12-15,19H2,1H3;2-13,15H,1H3;3-15H,1-2H3;3-15H,1-2H3. The minimum absolute atomic E-state index is 0.175. The Hall–Kier alpha value is -14.1. The maximum atomic E-state index is 13.4. The first kappa shape index (κ1) is 96.2. The van der Waals surface area contributed by atoms with Crippen LogP contribution in [-0.4, -0.2) is 120 Å². The fourth-order valence-corrected chi connectivity index (χ4v) is 20.9. The van der Waals surface area contributed by atoms with Gasteiger partial charge in [0.2, 0.25) is 0 Å². The first-order valence-corrected chi connectivity index (χ1v) is 52.6. The normalized spacial score (nSPS) is 13.9. The summed E-state index contributed by atoms with van der Waals surface area (Å²) in [5.41, 5.74) is 16.3. The van der Waals surface area contributed by atoms with Gasteiger partial charge in [-0.05, 0) is 263 Å². The third-order valence-corrected chi connectivity index (χ3v) is 30.0. The monoisotopic (exact) mass is 2010 g/mol. The van der Waals surface area contributed by atoms with Crippen LogP contribution in [0.2, 0.25) is 20.1 Å². The van der Waals surface area contributed by atoms with Gasteiger partial charge >= 0.3 is 0 Å². The largest absolute Gasteiger partial charge is 0.610 e. The van der Waals surface area contributed by atoms with Crippen molar-refractivity contribution in [1.82, 2.24) is 48.4 Å². The molecular formula is C108H81Cl4N11O13S4. The third-order valence-electron chi connectivity index (χ3n) is 24.3. The van der Waals surface area contributed by atoms with Crippen LogP contribution in [0.5, 0.6) is 5.75 Å². The summed E-state index contributed by atoms with van der Waals surface area (Å²) in [7, 11) is -12.0. The molecule has 0 bridgehead atoms. The first-order valence-electron chi connectivity index (χ1n) is 43.5. The molecule has 0 aliphatic carbocycles. The number of hydrogen-bond donors (Lipinski definition) is 1. The smallest absolute Gasteiger partial charge is 0.255 e. The molecule has 0 spiro atoms. The van der Waals surface area contributed by atoms with Crippen molar-refractivity contribution in [3.63, 3.8) is 0 Å². The van der Waals surface area contributed by atoms with Crippen molar-refractivity contribution in [1.29, 1.82) is 5.26 Å². The van der Waals surface area contributed by atoms with E-state index in [2.05, 4.69) is 36.2 Å². The number of benzene rings is 12. The van der Waals surface area contributed by atoms with E-state index in [1.165, 1.54) is 67.1 Å². The molecule has 32 heteroatoms. The van der Waals surface area contributed by atoms with Gasteiger partial charge in [-0.3, -0.25) is 62.3 Å². The van der Waals surface area contributed by atoms with Crippen molar-refractivity contribution < 1.29 is 39.8 Å². The number of nitrogens with one attached hydrogen (secondary N) is 1. The summed E-state index contributed by atoms with van der Waals surface area (Å²) < 4.78 is 109. The summed E-state index contributed by atoms with van der Waals surface area (Å²) in [5.74, 6) is 0.568. The molecule has 698 valence electrons. The Bertz CT molecular complexity index is 8950. The Kier molecular flexibility index (Phi) is 27.0. The topological polar surface area (TPSA) is 348 Å². The minimum atomic E-state index is -3.46. The lowest BCUT2D eigenvalue weighted by Crippen LogP contribution is -2.43. The molecule has 1 saturated heterocycles. The van der Waals surface area contributed by atoms with Gasteiger partial charge in [0, 0.05) is 158 Å². The highest BCUT2D eigenvalue weighted by Gasteiger charge is 2.27. The van der Waals surface area contributed by atoms with Crippen molar-refractivity contribution in [3.05, 3.63) is 394 Å². The zero-order valence-electron chi connectivity index (χ0n) is 75.5. The number of piperazine rings is 1. The predicted molar refractivity (Wildman–Crippen MR) is 557 cm³/mol. The molecule has 8 aromatic heterocycles. The summed E-state index contributed by atoms with van der Waals surface area (Å²) in [6.07, 6.45) is 11.6. The molecule has 1 fully saturated rings. The molecule has 1 aliphatic rings. The maximum absolute atomic E-state index is 13.4. The van der Waals surface area contributed by atoms with Crippen LogP contribution in [0, 0.1) is 18.3 Å². The van der Waals surface area contributed by atoms with E-state index in [9.17, 15) is 59.5 Å². The zero-order valence-corrected chi connectivity index (χ0v) is 81.8. The number of pyridine rings is 8. The number of ether oxygens (including phenoxy) is 1. The molecule has 9 heterocycles. The van der Waals surface area contributed by atoms with E-state index in [4.69, 9.17) is 51.1 Å². The quantitative estimate of drug-likeness (QED) is 0.0736. The number of hydrogen-bond acceptors (Lipinski definition) is 20. The van der Waals surface area contributed by atoms with Gasteiger partial charge in [-0.1, -0.05) is 107 Å². The molecule has 0 saturated carbocycles. The number of nitriles is 1. The molecular weight excluding hydrogens is 1930 g/mol. The molecule has 12 aromatic carbocycles. The number of fused-ring (bicyclic) bond motifs is 12. The van der Waals surface area contributed by atoms with Crippen LogP contribution < -0.4 is 32.3 Å². The van der Waals surface area contributed by atoms with Gasteiger partial charge in [0.1, 0.15) is 36.8 Å². The van der Waals surface area contributed by atoms with E-state index in [-0.39, 0.29) is 41.8 Å². The number of aryl methyl sites for hydroxylation is 1. The number of sulfone groups is 4. The van der Waals surface area contributed by atoms with Crippen molar-refractivity contribution >= 4 is 174 Å². The Balaban J connectivity index is 0.000000124. The highest BCUT2D eigenvalue weighted by molar-refractivity contribution is 7.97. The summed E-state index contributed by atoms with van der Waals surface area (Å²) >= 11 is 24.4. The summed E-state index contributed by atoms with van der Waals surface area (Å²) in [6, 6.07) is 87.0. The molecule has 4 unspecified atom stereocenters. The summed E-state index contributed by atoms with van der Waals surface area (Å²) in [5, 5.41) is 21.2. The Morgan fingerprint density at radius 3 is 1.10 bits per heavy atom. The molecule has 20 aromatic rings. The highest BCUT2D eigenvalue weighted by Crippen LogP contribution is 2.40. The van der Waals surface area contributed by atoms with Crippen LogP contribution in [0.1, 0.15) is 16.7 Å². The van der Waals surface area contributed by atoms with Gasteiger partial charge in [0.25, 0.3) is 22.2 Å². The van der Waals surface area contributed by atoms with Gasteiger partial charge in [-0.25, -0.2) is 0 Å². The molecule has 1 N–H and O–H groups in total. The lowest BCUT2D eigenvalue weighted by atomic mass is 10.0. The van der Waals surface area contributed by atoms with Crippen LogP contribution in [0.3, 0.4) is 0 Å². The molecule has 1 aliphatic heterocycles. The second-order valence-corrected chi connectivity index (χ2v) is 43.4. The van der Waals surface area contributed by atoms with Crippen LogP contribution in [0.25, 0.3) is 154 Å². The number of rotatable bonds is 15. The van der Waals surface area contributed by atoms with E-state index in [1.807, 2.05) is 146 Å². The Labute approximate surface area is 826 Å². The number of nitrogens with zero attached hydrogens (tertiary/aromatic N) is 10.